The van der Waals surface area contributed by atoms with Crippen molar-refractivity contribution in [3.8, 4) is 0 Å². The molecule has 21 heavy (non-hydrogen) atoms. The molecule has 1 unspecified atom stereocenters. The van der Waals surface area contributed by atoms with E-state index in [2.05, 4.69) is 81.6 Å². The average molecular weight is 414 g/mol. The SMILES string of the molecule is CCc1nn(CC)c(CC(CBr)c2cccc(C)c2)c1Br. The molecule has 1 aromatic carbocycles. The molecule has 2 rings (SSSR count). The van der Waals surface area contributed by atoms with Gasteiger partial charge in [-0.05, 0) is 54.1 Å². The molecular formula is C17H22Br2N2. The Kier molecular flexibility index (Phi) is 6.06. The Labute approximate surface area is 144 Å². The lowest BCUT2D eigenvalue weighted by Crippen LogP contribution is -2.10. The number of hydrogen-bond acceptors (Lipinski definition) is 1. The van der Waals surface area contributed by atoms with Crippen molar-refractivity contribution in [1.29, 1.82) is 0 Å². The molecule has 0 spiro atoms. The van der Waals surface area contributed by atoms with E-state index < -0.39 is 0 Å². The van der Waals surface area contributed by atoms with E-state index in [1.54, 1.807) is 0 Å². The summed E-state index contributed by atoms with van der Waals surface area (Å²) >= 11 is 7.43. The lowest BCUT2D eigenvalue weighted by atomic mass is 9.94. The summed E-state index contributed by atoms with van der Waals surface area (Å²) in [5.74, 6) is 0.466. The van der Waals surface area contributed by atoms with Gasteiger partial charge in [-0.1, -0.05) is 52.7 Å². The molecule has 0 aliphatic carbocycles. The van der Waals surface area contributed by atoms with Gasteiger partial charge in [0.15, 0.2) is 0 Å². The van der Waals surface area contributed by atoms with E-state index in [4.69, 9.17) is 5.10 Å². The van der Waals surface area contributed by atoms with Crippen LogP contribution >= 0.6 is 31.9 Å². The molecule has 1 atom stereocenters. The van der Waals surface area contributed by atoms with Crippen LogP contribution in [0.1, 0.15) is 42.3 Å². The topological polar surface area (TPSA) is 17.8 Å². The molecular weight excluding hydrogens is 392 g/mol. The quantitative estimate of drug-likeness (QED) is 0.590. The number of nitrogens with zero attached hydrogens (tertiary/aromatic N) is 2. The Morgan fingerprint density at radius 2 is 2.05 bits per heavy atom. The molecule has 114 valence electrons. The average Bonchev–Trinajstić information content (AvgIpc) is 2.80. The van der Waals surface area contributed by atoms with Crippen molar-refractivity contribution in [1.82, 2.24) is 9.78 Å². The maximum atomic E-state index is 4.70. The minimum atomic E-state index is 0.466. The Morgan fingerprint density at radius 3 is 2.62 bits per heavy atom. The zero-order valence-electron chi connectivity index (χ0n) is 12.9. The zero-order chi connectivity index (χ0) is 15.4. The van der Waals surface area contributed by atoms with Gasteiger partial charge in [0.25, 0.3) is 0 Å². The molecule has 0 aliphatic heterocycles. The third-order valence-electron chi connectivity index (χ3n) is 3.83. The van der Waals surface area contributed by atoms with Crippen molar-refractivity contribution in [3.63, 3.8) is 0 Å². The van der Waals surface area contributed by atoms with Crippen LogP contribution in [0.2, 0.25) is 0 Å². The number of benzene rings is 1. The molecule has 0 amide bonds. The lowest BCUT2D eigenvalue weighted by Gasteiger charge is -2.16. The van der Waals surface area contributed by atoms with Crippen molar-refractivity contribution >= 4 is 31.9 Å². The van der Waals surface area contributed by atoms with Crippen LogP contribution in [0.4, 0.5) is 0 Å². The first-order valence-corrected chi connectivity index (χ1v) is 9.38. The molecule has 0 fully saturated rings. The van der Waals surface area contributed by atoms with Crippen molar-refractivity contribution < 1.29 is 0 Å². The fourth-order valence-corrected chi connectivity index (χ4v) is 3.96. The van der Waals surface area contributed by atoms with Crippen LogP contribution < -0.4 is 0 Å². The van der Waals surface area contributed by atoms with E-state index in [1.807, 2.05) is 0 Å². The van der Waals surface area contributed by atoms with Crippen LogP contribution in [0, 0.1) is 6.92 Å². The monoisotopic (exact) mass is 412 g/mol. The van der Waals surface area contributed by atoms with Gasteiger partial charge in [-0.2, -0.15) is 5.10 Å². The predicted molar refractivity (Wildman–Crippen MR) is 96.4 cm³/mol. The Bertz CT molecular complexity index is 605. The van der Waals surface area contributed by atoms with Crippen LogP contribution in [0.15, 0.2) is 28.7 Å². The van der Waals surface area contributed by atoms with E-state index in [1.165, 1.54) is 21.3 Å². The maximum Gasteiger partial charge on any atom is 0.0766 e. The minimum Gasteiger partial charge on any atom is -0.268 e. The summed E-state index contributed by atoms with van der Waals surface area (Å²) < 4.78 is 3.32. The molecule has 2 aromatic rings. The first-order chi connectivity index (χ1) is 10.1. The van der Waals surface area contributed by atoms with Crippen molar-refractivity contribution in [3.05, 3.63) is 51.3 Å². The lowest BCUT2D eigenvalue weighted by molar-refractivity contribution is 0.594. The largest absolute Gasteiger partial charge is 0.268 e. The van der Waals surface area contributed by atoms with E-state index >= 15 is 0 Å². The highest BCUT2D eigenvalue weighted by Gasteiger charge is 2.19. The molecule has 0 saturated carbocycles. The highest BCUT2D eigenvalue weighted by molar-refractivity contribution is 9.10. The predicted octanol–water partition coefficient (Wildman–Crippen LogP) is 5.26. The summed E-state index contributed by atoms with van der Waals surface area (Å²) in [6.45, 7) is 7.37. The van der Waals surface area contributed by atoms with Gasteiger partial charge in [-0.25, -0.2) is 0 Å². The smallest absolute Gasteiger partial charge is 0.0766 e. The molecule has 0 radical (unpaired) electrons. The van der Waals surface area contributed by atoms with Gasteiger partial charge in [0.2, 0.25) is 0 Å². The Hall–Kier alpha value is -0.610. The van der Waals surface area contributed by atoms with Gasteiger partial charge in [-0.15, -0.1) is 0 Å². The molecule has 1 aromatic heterocycles. The number of halogens is 2. The molecule has 4 heteroatoms. The van der Waals surface area contributed by atoms with E-state index in [0.717, 1.165) is 30.4 Å². The highest BCUT2D eigenvalue weighted by atomic mass is 79.9. The van der Waals surface area contributed by atoms with Crippen LogP contribution in [-0.4, -0.2) is 15.1 Å². The summed E-state index contributed by atoms with van der Waals surface area (Å²) in [6.07, 6.45) is 1.96. The highest BCUT2D eigenvalue weighted by Crippen LogP contribution is 2.29. The van der Waals surface area contributed by atoms with Gasteiger partial charge in [0.1, 0.15) is 0 Å². The second-order valence-corrected chi connectivity index (χ2v) is 6.79. The van der Waals surface area contributed by atoms with Gasteiger partial charge < -0.3 is 0 Å². The van der Waals surface area contributed by atoms with Gasteiger partial charge in [0, 0.05) is 11.9 Å². The third kappa shape index (κ3) is 3.78. The van der Waals surface area contributed by atoms with Gasteiger partial charge >= 0.3 is 0 Å². The fourth-order valence-electron chi connectivity index (χ4n) is 2.63. The number of alkyl halides is 1. The summed E-state index contributed by atoms with van der Waals surface area (Å²) in [5.41, 5.74) is 5.17. The standard InChI is InChI=1S/C17H22Br2N2/c1-4-15-17(19)16(21(5-2)20-15)10-14(11-18)13-8-6-7-12(3)9-13/h6-9,14H,4-5,10-11H2,1-3H3. The number of aryl methyl sites for hydroxylation is 3. The molecule has 1 heterocycles. The maximum absolute atomic E-state index is 4.70. The molecule has 0 aliphatic rings. The normalized spacial score (nSPS) is 12.6. The first kappa shape index (κ1) is 16.8. The Morgan fingerprint density at radius 1 is 1.29 bits per heavy atom. The summed E-state index contributed by atoms with van der Waals surface area (Å²) in [4.78, 5) is 0. The first-order valence-electron chi connectivity index (χ1n) is 7.47. The molecule has 0 bridgehead atoms. The van der Waals surface area contributed by atoms with E-state index in [9.17, 15) is 0 Å². The van der Waals surface area contributed by atoms with Gasteiger partial charge in [-0.3, -0.25) is 4.68 Å². The van der Waals surface area contributed by atoms with Crippen molar-refractivity contribution in [2.24, 2.45) is 0 Å². The fraction of sp³-hybridized carbons (Fsp3) is 0.471. The van der Waals surface area contributed by atoms with Crippen LogP contribution in [-0.2, 0) is 19.4 Å². The number of hydrogen-bond donors (Lipinski definition) is 0. The van der Waals surface area contributed by atoms with E-state index in [-0.39, 0.29) is 0 Å². The van der Waals surface area contributed by atoms with Crippen molar-refractivity contribution in [2.75, 3.05) is 5.33 Å². The molecule has 2 nitrogen and oxygen atoms in total. The summed E-state index contributed by atoms with van der Waals surface area (Å²) in [5, 5.41) is 5.66. The van der Waals surface area contributed by atoms with E-state index in [0.29, 0.717) is 5.92 Å². The number of aromatic nitrogens is 2. The summed E-state index contributed by atoms with van der Waals surface area (Å²) in [6, 6.07) is 8.80. The Balaban J connectivity index is 2.32. The second kappa shape index (κ2) is 7.59. The van der Waals surface area contributed by atoms with Crippen LogP contribution in [0.3, 0.4) is 0 Å². The molecule has 0 N–H and O–H groups in total. The third-order valence-corrected chi connectivity index (χ3v) is 5.53. The minimum absolute atomic E-state index is 0.466. The van der Waals surface area contributed by atoms with Gasteiger partial charge in [0.05, 0.1) is 15.9 Å². The van der Waals surface area contributed by atoms with Crippen molar-refractivity contribution in [2.45, 2.75) is 46.1 Å². The summed E-state index contributed by atoms with van der Waals surface area (Å²) in [7, 11) is 0. The second-order valence-electron chi connectivity index (χ2n) is 5.35. The van der Waals surface area contributed by atoms with Crippen LogP contribution in [0.5, 0.6) is 0 Å². The zero-order valence-corrected chi connectivity index (χ0v) is 16.0. The van der Waals surface area contributed by atoms with Crippen LogP contribution in [0.25, 0.3) is 0 Å². The molecule has 0 saturated heterocycles. The number of rotatable bonds is 6.